The van der Waals surface area contributed by atoms with Crippen LogP contribution < -0.4 is 4.74 Å². The lowest BCUT2D eigenvalue weighted by Gasteiger charge is -2.03. The first-order valence-corrected chi connectivity index (χ1v) is 7.48. The number of methoxy groups -OCH3 is 1. The number of benzene rings is 1. The van der Waals surface area contributed by atoms with Crippen LogP contribution in [-0.4, -0.2) is 16.5 Å². The van der Waals surface area contributed by atoms with Crippen LogP contribution >= 0.6 is 45.2 Å². The van der Waals surface area contributed by atoms with Crippen molar-refractivity contribution in [2.75, 3.05) is 11.5 Å². The maximum atomic E-state index is 5.22. The van der Waals surface area contributed by atoms with Gasteiger partial charge in [0.2, 0.25) is 0 Å². The first-order chi connectivity index (χ1) is 7.72. The van der Waals surface area contributed by atoms with Gasteiger partial charge in [-0.15, -0.1) is 0 Å². The summed E-state index contributed by atoms with van der Waals surface area (Å²) in [4.78, 5) is 4.41. The van der Waals surface area contributed by atoms with Crippen molar-refractivity contribution in [2.24, 2.45) is 0 Å². The number of hydrogen-bond donors (Lipinski definition) is 0. The van der Waals surface area contributed by atoms with Crippen LogP contribution in [-0.2, 0) is 0 Å². The highest BCUT2D eigenvalue weighted by atomic mass is 127. The predicted octanol–water partition coefficient (Wildman–Crippen LogP) is 4.29. The van der Waals surface area contributed by atoms with E-state index < -0.39 is 0 Å². The van der Waals surface area contributed by atoms with Crippen molar-refractivity contribution in [1.29, 1.82) is 0 Å². The maximum absolute atomic E-state index is 5.22. The van der Waals surface area contributed by atoms with Gasteiger partial charge in [0.05, 0.1) is 7.11 Å². The van der Waals surface area contributed by atoms with Crippen LogP contribution in [0.25, 0.3) is 10.9 Å². The fourth-order valence-corrected chi connectivity index (χ4v) is 1.68. The molecule has 2 rings (SSSR count). The molecule has 86 valence electrons. The minimum absolute atomic E-state index is 0.830. The zero-order valence-corrected chi connectivity index (χ0v) is 13.5. The molecular weight excluding hydrogens is 428 g/mol. The standard InChI is InChI=1S/C10H8INO.C2H5I/c1-13-8-4-2-3-7-5-6-9(11)12-10(7)8;1-2-3/h2-6H,1H3;2H2,1H3. The average Bonchev–Trinajstić information content (AvgIpc) is 2.29. The molecule has 0 unspecified atom stereocenters. The summed E-state index contributed by atoms with van der Waals surface area (Å²) in [5.74, 6) is 0.830. The molecule has 4 heteroatoms. The zero-order chi connectivity index (χ0) is 12.0. The van der Waals surface area contributed by atoms with Crippen LogP contribution in [0.2, 0.25) is 0 Å². The highest BCUT2D eigenvalue weighted by Crippen LogP contribution is 2.23. The molecule has 0 saturated carbocycles. The number of hydrogen-bond acceptors (Lipinski definition) is 2. The molecule has 0 atom stereocenters. The van der Waals surface area contributed by atoms with Gasteiger partial charge < -0.3 is 4.74 Å². The molecule has 0 aliphatic rings. The Balaban J connectivity index is 0.000000386. The third-order valence-electron chi connectivity index (χ3n) is 1.87. The first-order valence-electron chi connectivity index (χ1n) is 4.88. The summed E-state index contributed by atoms with van der Waals surface area (Å²) in [6.45, 7) is 2.11. The van der Waals surface area contributed by atoms with Crippen LogP contribution in [0.3, 0.4) is 0 Å². The van der Waals surface area contributed by atoms with E-state index in [1.54, 1.807) is 7.11 Å². The van der Waals surface area contributed by atoms with Crippen molar-refractivity contribution in [2.45, 2.75) is 6.92 Å². The molecule has 0 spiro atoms. The van der Waals surface area contributed by atoms with Crippen LogP contribution in [0.15, 0.2) is 30.3 Å². The second kappa shape index (κ2) is 7.26. The van der Waals surface area contributed by atoms with Crippen LogP contribution in [0.1, 0.15) is 6.92 Å². The van der Waals surface area contributed by atoms with E-state index in [0.29, 0.717) is 0 Å². The number of fused-ring (bicyclic) bond motifs is 1. The summed E-state index contributed by atoms with van der Waals surface area (Å²) >= 11 is 4.48. The predicted molar refractivity (Wildman–Crippen MR) is 85.6 cm³/mol. The molecule has 1 heterocycles. The smallest absolute Gasteiger partial charge is 0.145 e. The van der Waals surface area contributed by atoms with Crippen molar-refractivity contribution in [1.82, 2.24) is 4.98 Å². The van der Waals surface area contributed by atoms with E-state index in [1.165, 1.54) is 4.43 Å². The number of nitrogens with zero attached hydrogens (tertiary/aromatic N) is 1. The Morgan fingerprint density at radius 2 is 1.94 bits per heavy atom. The van der Waals surface area contributed by atoms with E-state index in [-0.39, 0.29) is 0 Å². The van der Waals surface area contributed by atoms with Gasteiger partial charge in [0.1, 0.15) is 15.0 Å². The second-order valence-corrected chi connectivity index (χ2v) is 5.56. The third kappa shape index (κ3) is 3.73. The summed E-state index contributed by atoms with van der Waals surface area (Å²) < 4.78 is 7.42. The van der Waals surface area contributed by atoms with Crippen molar-refractivity contribution in [3.05, 3.63) is 34.0 Å². The molecule has 0 amide bonds. The number of pyridine rings is 1. The van der Waals surface area contributed by atoms with Crippen molar-refractivity contribution in [3.8, 4) is 5.75 Å². The Morgan fingerprint density at radius 3 is 2.56 bits per heavy atom. The van der Waals surface area contributed by atoms with Gasteiger partial charge in [-0.25, -0.2) is 4.98 Å². The first kappa shape index (κ1) is 14.0. The lowest BCUT2D eigenvalue weighted by Crippen LogP contribution is -1.88. The number of halogens is 2. The number of ether oxygens (including phenoxy) is 1. The Bertz CT molecular complexity index is 460. The molecule has 2 aromatic rings. The Labute approximate surface area is 123 Å². The summed E-state index contributed by atoms with van der Waals surface area (Å²) in [5, 5.41) is 1.11. The second-order valence-electron chi connectivity index (χ2n) is 2.93. The molecule has 1 aromatic heterocycles. The number of aromatic nitrogens is 1. The fraction of sp³-hybridized carbons (Fsp3) is 0.250. The molecule has 0 saturated heterocycles. The summed E-state index contributed by atoms with van der Waals surface area (Å²) in [6, 6.07) is 9.96. The van der Waals surface area contributed by atoms with Crippen LogP contribution in [0, 0.1) is 3.70 Å². The van der Waals surface area contributed by atoms with E-state index in [9.17, 15) is 0 Å². The van der Waals surface area contributed by atoms with Crippen LogP contribution in [0.4, 0.5) is 0 Å². The number of alkyl halides is 1. The highest BCUT2D eigenvalue weighted by molar-refractivity contribution is 14.1. The lowest BCUT2D eigenvalue weighted by atomic mass is 10.2. The zero-order valence-electron chi connectivity index (χ0n) is 9.21. The lowest BCUT2D eigenvalue weighted by molar-refractivity contribution is 0.419. The van der Waals surface area contributed by atoms with E-state index >= 15 is 0 Å². The van der Waals surface area contributed by atoms with Crippen molar-refractivity contribution < 1.29 is 4.74 Å². The third-order valence-corrected chi connectivity index (χ3v) is 2.47. The topological polar surface area (TPSA) is 22.1 Å². The molecule has 2 nitrogen and oxygen atoms in total. The van der Waals surface area contributed by atoms with Crippen molar-refractivity contribution >= 4 is 56.1 Å². The van der Waals surface area contributed by atoms with Gasteiger partial charge in [0, 0.05) is 5.39 Å². The highest BCUT2D eigenvalue weighted by Gasteiger charge is 2.01. The molecule has 0 radical (unpaired) electrons. The molecule has 1 aromatic carbocycles. The SMILES string of the molecule is CCI.COc1cccc2ccc(I)nc12. The van der Waals surface area contributed by atoms with Gasteiger partial charge in [-0.05, 0) is 39.2 Å². The summed E-state index contributed by atoms with van der Waals surface area (Å²) in [7, 11) is 1.66. The molecule has 16 heavy (non-hydrogen) atoms. The van der Waals surface area contributed by atoms with E-state index in [2.05, 4.69) is 57.1 Å². The van der Waals surface area contributed by atoms with E-state index in [0.717, 1.165) is 20.4 Å². The maximum Gasteiger partial charge on any atom is 0.145 e. The number of para-hydroxylation sites is 1. The Kier molecular flexibility index (Phi) is 6.33. The minimum atomic E-state index is 0.830. The molecule has 0 bridgehead atoms. The Hall–Kier alpha value is -0.110. The largest absolute Gasteiger partial charge is 0.494 e. The molecule has 0 aliphatic carbocycles. The molecule has 0 aliphatic heterocycles. The average molecular weight is 441 g/mol. The fourth-order valence-electron chi connectivity index (χ4n) is 1.26. The van der Waals surface area contributed by atoms with Gasteiger partial charge in [-0.3, -0.25) is 0 Å². The normalized spacial score (nSPS) is 9.50. The van der Waals surface area contributed by atoms with E-state index in [4.69, 9.17) is 4.74 Å². The molecule has 0 fully saturated rings. The molecular formula is C12H13I2NO. The van der Waals surface area contributed by atoms with Gasteiger partial charge >= 0.3 is 0 Å². The van der Waals surface area contributed by atoms with Gasteiger partial charge in [-0.2, -0.15) is 0 Å². The summed E-state index contributed by atoms with van der Waals surface area (Å²) in [5.41, 5.74) is 0.928. The van der Waals surface area contributed by atoms with Crippen LogP contribution in [0.5, 0.6) is 5.75 Å². The van der Waals surface area contributed by atoms with E-state index in [1.807, 2.05) is 30.3 Å². The summed E-state index contributed by atoms with van der Waals surface area (Å²) in [6.07, 6.45) is 0. The van der Waals surface area contributed by atoms with Gasteiger partial charge in [-0.1, -0.05) is 47.7 Å². The minimum Gasteiger partial charge on any atom is -0.494 e. The van der Waals surface area contributed by atoms with Crippen molar-refractivity contribution in [3.63, 3.8) is 0 Å². The monoisotopic (exact) mass is 441 g/mol. The quantitative estimate of drug-likeness (QED) is 0.375. The van der Waals surface area contributed by atoms with Gasteiger partial charge in [0.25, 0.3) is 0 Å². The van der Waals surface area contributed by atoms with Gasteiger partial charge in [0.15, 0.2) is 0 Å². The molecule has 0 N–H and O–H groups in total. The number of rotatable bonds is 1. The Morgan fingerprint density at radius 1 is 1.25 bits per heavy atom.